The molecule has 0 aliphatic rings. The van der Waals surface area contributed by atoms with Gasteiger partial charge in [-0.05, 0) is 65.2 Å². The summed E-state index contributed by atoms with van der Waals surface area (Å²) in [4.78, 5) is 0. The Morgan fingerprint density at radius 1 is 0.391 bits per heavy atom. The van der Waals surface area contributed by atoms with Gasteiger partial charge in [0.2, 0.25) is 0 Å². The summed E-state index contributed by atoms with van der Waals surface area (Å²) in [7, 11) is 0. The minimum Gasteiger partial charge on any atom is -0.309 e. The molecule has 0 unspecified atom stereocenters. The molecule has 2 aromatic heterocycles. The highest BCUT2D eigenvalue weighted by Crippen LogP contribution is 2.41. The first-order valence-electron chi connectivity index (χ1n) is 15.5. The van der Waals surface area contributed by atoms with Crippen LogP contribution in [0.2, 0.25) is 0 Å². The molecule has 0 saturated heterocycles. The lowest BCUT2D eigenvalue weighted by Crippen LogP contribution is -1.99. The van der Waals surface area contributed by atoms with E-state index in [4.69, 9.17) is 0 Å². The summed E-state index contributed by atoms with van der Waals surface area (Å²) in [5, 5.41) is 15.1. The number of benzene rings is 7. The van der Waals surface area contributed by atoms with Crippen molar-refractivity contribution in [3.63, 3.8) is 0 Å². The van der Waals surface area contributed by atoms with Crippen molar-refractivity contribution in [3.8, 4) is 39.7 Å². The summed E-state index contributed by atoms with van der Waals surface area (Å²) in [6.07, 6.45) is 0. The number of fused-ring (bicyclic) bond motifs is 6. The smallest absolute Gasteiger partial charge is 0.0992 e. The van der Waals surface area contributed by atoms with Crippen LogP contribution in [0.15, 0.2) is 164 Å². The third-order valence-electron chi connectivity index (χ3n) is 9.14. The van der Waals surface area contributed by atoms with Crippen molar-refractivity contribution in [2.45, 2.75) is 0 Å². The number of nitrogens with zero attached hydrogens (tertiary/aromatic N) is 3. The zero-order valence-corrected chi connectivity index (χ0v) is 24.9. The molecule has 7 aromatic carbocycles. The zero-order chi connectivity index (χ0) is 30.6. The van der Waals surface area contributed by atoms with E-state index in [1.54, 1.807) is 0 Å². The fraction of sp³-hybridized carbons (Fsp3) is 0. The summed E-state index contributed by atoms with van der Waals surface area (Å²) >= 11 is 0. The second kappa shape index (κ2) is 10.4. The molecule has 0 radical (unpaired) electrons. The monoisotopic (exact) mass is 585 g/mol. The topological polar surface area (TPSA) is 33.6 Å². The molecule has 3 nitrogen and oxygen atoms in total. The quantitative estimate of drug-likeness (QED) is 0.202. The largest absolute Gasteiger partial charge is 0.309 e. The van der Waals surface area contributed by atoms with E-state index in [1.165, 1.54) is 32.6 Å². The van der Waals surface area contributed by atoms with E-state index in [-0.39, 0.29) is 0 Å². The lowest BCUT2D eigenvalue weighted by molar-refractivity contribution is 1.18. The maximum Gasteiger partial charge on any atom is 0.0992 e. The SMILES string of the molecule is N#Cc1cc(-c2ccccc2-c2ccccc2-n2c3ccccc3c3ccccc32)cc(-n2c3ccccc3c3ccccc32)c1. The van der Waals surface area contributed by atoms with Crippen molar-refractivity contribution in [3.05, 3.63) is 169 Å². The minimum absolute atomic E-state index is 0.625. The zero-order valence-electron chi connectivity index (χ0n) is 24.9. The van der Waals surface area contributed by atoms with E-state index in [2.05, 4.69) is 167 Å². The number of hydrogen-bond donors (Lipinski definition) is 0. The summed E-state index contributed by atoms with van der Waals surface area (Å²) in [5.41, 5.74) is 11.6. The van der Waals surface area contributed by atoms with Gasteiger partial charge < -0.3 is 9.13 Å². The average molecular weight is 586 g/mol. The van der Waals surface area contributed by atoms with Gasteiger partial charge in [0.05, 0.1) is 39.4 Å². The highest BCUT2D eigenvalue weighted by atomic mass is 15.0. The third-order valence-corrected chi connectivity index (χ3v) is 9.14. The van der Waals surface area contributed by atoms with Crippen LogP contribution in [0.3, 0.4) is 0 Å². The Kier molecular flexibility index (Phi) is 5.88. The molecule has 0 aliphatic carbocycles. The summed E-state index contributed by atoms with van der Waals surface area (Å²) in [6.45, 7) is 0. The molecule has 0 saturated carbocycles. The number of rotatable bonds is 4. The Morgan fingerprint density at radius 3 is 1.37 bits per heavy atom. The van der Waals surface area contributed by atoms with Crippen LogP contribution in [0, 0.1) is 11.3 Å². The van der Waals surface area contributed by atoms with Crippen LogP contribution in [-0.4, -0.2) is 9.13 Å². The highest BCUT2D eigenvalue weighted by molar-refractivity contribution is 6.10. The van der Waals surface area contributed by atoms with Gasteiger partial charge in [0, 0.05) is 32.8 Å². The Labute approximate surface area is 266 Å². The van der Waals surface area contributed by atoms with Gasteiger partial charge in [0.15, 0.2) is 0 Å². The first kappa shape index (κ1) is 26.1. The van der Waals surface area contributed by atoms with Gasteiger partial charge in [0.25, 0.3) is 0 Å². The molecule has 0 spiro atoms. The van der Waals surface area contributed by atoms with Crippen LogP contribution in [0.25, 0.3) is 77.2 Å². The van der Waals surface area contributed by atoms with Crippen LogP contribution < -0.4 is 0 Å². The fourth-order valence-electron chi connectivity index (χ4n) is 7.21. The van der Waals surface area contributed by atoms with Gasteiger partial charge in [-0.1, -0.05) is 115 Å². The Balaban J connectivity index is 1.29. The molecule has 0 amide bonds. The number of aromatic nitrogens is 2. The Bertz CT molecular complexity index is 2560. The van der Waals surface area contributed by atoms with Crippen LogP contribution in [-0.2, 0) is 0 Å². The average Bonchev–Trinajstić information content (AvgIpc) is 3.64. The van der Waals surface area contributed by atoms with Gasteiger partial charge in [-0.25, -0.2) is 0 Å². The maximum absolute atomic E-state index is 10.3. The van der Waals surface area contributed by atoms with Crippen molar-refractivity contribution in [1.29, 1.82) is 5.26 Å². The predicted octanol–water partition coefficient (Wildman–Crippen LogP) is 11.1. The molecule has 214 valence electrons. The second-order valence-electron chi connectivity index (χ2n) is 11.7. The summed E-state index contributed by atoms with van der Waals surface area (Å²) < 4.78 is 4.66. The van der Waals surface area contributed by atoms with Crippen molar-refractivity contribution >= 4 is 43.6 Å². The van der Waals surface area contributed by atoms with Crippen molar-refractivity contribution in [2.24, 2.45) is 0 Å². The molecule has 0 bridgehead atoms. The molecule has 9 aromatic rings. The number of hydrogen-bond acceptors (Lipinski definition) is 1. The van der Waals surface area contributed by atoms with Crippen LogP contribution in [0.1, 0.15) is 5.56 Å². The van der Waals surface area contributed by atoms with Crippen molar-refractivity contribution in [1.82, 2.24) is 9.13 Å². The maximum atomic E-state index is 10.3. The first-order valence-corrected chi connectivity index (χ1v) is 15.5. The molecule has 0 aliphatic heterocycles. The van der Waals surface area contributed by atoms with Crippen LogP contribution >= 0.6 is 0 Å². The molecule has 2 heterocycles. The molecule has 46 heavy (non-hydrogen) atoms. The van der Waals surface area contributed by atoms with Crippen LogP contribution in [0.4, 0.5) is 0 Å². The van der Waals surface area contributed by atoms with Gasteiger partial charge in [-0.3, -0.25) is 0 Å². The van der Waals surface area contributed by atoms with E-state index >= 15 is 0 Å². The number of nitriles is 1. The Hall–Kier alpha value is -6.37. The first-order chi connectivity index (χ1) is 22.8. The van der Waals surface area contributed by atoms with Crippen molar-refractivity contribution in [2.75, 3.05) is 0 Å². The lowest BCUT2D eigenvalue weighted by atomic mass is 9.92. The molecule has 9 rings (SSSR count). The Morgan fingerprint density at radius 2 is 0.826 bits per heavy atom. The van der Waals surface area contributed by atoms with Gasteiger partial charge in [-0.2, -0.15) is 5.26 Å². The van der Waals surface area contributed by atoms with E-state index < -0.39 is 0 Å². The second-order valence-corrected chi connectivity index (χ2v) is 11.7. The third kappa shape index (κ3) is 3.91. The van der Waals surface area contributed by atoms with Crippen molar-refractivity contribution < 1.29 is 0 Å². The fourth-order valence-corrected chi connectivity index (χ4v) is 7.21. The van der Waals surface area contributed by atoms with E-state index in [1.807, 2.05) is 12.1 Å². The normalized spacial score (nSPS) is 11.5. The summed E-state index contributed by atoms with van der Waals surface area (Å²) in [6, 6.07) is 60.1. The summed E-state index contributed by atoms with van der Waals surface area (Å²) in [5.74, 6) is 0. The molecule has 0 fully saturated rings. The molecule has 0 atom stereocenters. The van der Waals surface area contributed by atoms with Gasteiger partial charge in [-0.15, -0.1) is 0 Å². The number of para-hydroxylation sites is 5. The predicted molar refractivity (Wildman–Crippen MR) is 191 cm³/mol. The minimum atomic E-state index is 0.625. The molecule has 3 heteroatoms. The highest BCUT2D eigenvalue weighted by Gasteiger charge is 2.18. The standard InChI is InChI=1S/C43H27N3/c44-28-29-25-30(27-31(26-29)45-39-20-8-4-16-35(39)36-17-5-9-21-40(36)45)32-13-1-2-14-33(32)34-15-3-10-22-41(34)46-42-23-11-6-18-37(42)38-19-7-12-24-43(38)46/h1-27H. The van der Waals surface area contributed by atoms with Crippen LogP contribution in [0.5, 0.6) is 0 Å². The van der Waals surface area contributed by atoms with E-state index in [0.717, 1.165) is 44.7 Å². The molecule has 0 N–H and O–H groups in total. The van der Waals surface area contributed by atoms with Gasteiger partial charge in [0.1, 0.15) is 0 Å². The van der Waals surface area contributed by atoms with Gasteiger partial charge >= 0.3 is 0 Å². The van der Waals surface area contributed by atoms with E-state index in [0.29, 0.717) is 5.56 Å². The van der Waals surface area contributed by atoms with E-state index in [9.17, 15) is 5.26 Å². The lowest BCUT2D eigenvalue weighted by Gasteiger charge is -2.18. The molecular weight excluding hydrogens is 558 g/mol. The molecular formula is C43H27N3.